The van der Waals surface area contributed by atoms with E-state index in [9.17, 15) is 9.18 Å². The number of methoxy groups -OCH3 is 2. The van der Waals surface area contributed by atoms with Crippen molar-refractivity contribution in [2.45, 2.75) is 32.9 Å². The lowest BCUT2D eigenvalue weighted by Gasteiger charge is -2.33. The number of benzene rings is 2. The molecule has 0 saturated heterocycles. The highest BCUT2D eigenvalue weighted by molar-refractivity contribution is 5.78. The lowest BCUT2D eigenvalue weighted by atomic mass is 9.98. The zero-order valence-corrected chi connectivity index (χ0v) is 17.6. The molecule has 0 saturated carbocycles. The molecule has 2 aromatic rings. The third-order valence-corrected chi connectivity index (χ3v) is 5.72. The topological polar surface area (TPSA) is 42.0 Å². The number of rotatable bonds is 7. The summed E-state index contributed by atoms with van der Waals surface area (Å²) < 4.78 is 24.0. The van der Waals surface area contributed by atoms with Crippen LogP contribution in [0.5, 0.6) is 11.5 Å². The van der Waals surface area contributed by atoms with E-state index in [1.807, 2.05) is 30.9 Å². The first-order valence-corrected chi connectivity index (χ1v) is 9.97. The summed E-state index contributed by atoms with van der Waals surface area (Å²) >= 11 is 0. The van der Waals surface area contributed by atoms with Gasteiger partial charge < -0.3 is 14.4 Å². The Bertz CT molecular complexity index is 854. The third-order valence-electron chi connectivity index (χ3n) is 5.72. The first kappa shape index (κ1) is 21.1. The maximum Gasteiger partial charge on any atom is 0.237 e. The molecule has 0 fully saturated rings. The molecule has 1 heterocycles. The molecule has 2 aromatic carbocycles. The van der Waals surface area contributed by atoms with Crippen LogP contribution >= 0.6 is 0 Å². The van der Waals surface area contributed by atoms with Crippen molar-refractivity contribution < 1.29 is 18.7 Å². The molecule has 6 heteroatoms. The van der Waals surface area contributed by atoms with E-state index in [1.54, 1.807) is 26.4 Å². The summed E-state index contributed by atoms with van der Waals surface area (Å²) in [7, 11) is 3.25. The average molecular weight is 400 g/mol. The number of ether oxygens (including phenoxy) is 2. The molecule has 29 heavy (non-hydrogen) atoms. The standard InChI is InChI=1S/C23H29FN2O3/c1-5-25(16(2)17-6-8-20(24)9-7-17)15-23(27)26-11-10-18-12-21(28-3)22(29-4)13-19(18)14-26/h6-9,12-13,16H,5,10-11,14-15H2,1-4H3. The number of hydrogen-bond donors (Lipinski definition) is 0. The maximum absolute atomic E-state index is 13.2. The van der Waals surface area contributed by atoms with Crippen LogP contribution in [0.25, 0.3) is 0 Å². The van der Waals surface area contributed by atoms with Crippen LogP contribution in [0.4, 0.5) is 4.39 Å². The van der Waals surface area contributed by atoms with Gasteiger partial charge in [0.1, 0.15) is 5.82 Å². The summed E-state index contributed by atoms with van der Waals surface area (Å²) in [6.45, 7) is 6.40. The minimum absolute atomic E-state index is 0.0333. The highest BCUT2D eigenvalue weighted by Gasteiger charge is 2.25. The number of likely N-dealkylation sites (N-methyl/N-ethyl adjacent to an activating group) is 1. The molecule has 0 bridgehead atoms. The fourth-order valence-electron chi connectivity index (χ4n) is 3.84. The van der Waals surface area contributed by atoms with Crippen molar-refractivity contribution in [2.75, 3.05) is 33.9 Å². The van der Waals surface area contributed by atoms with Gasteiger partial charge in [0.2, 0.25) is 5.91 Å². The van der Waals surface area contributed by atoms with Crippen LogP contribution in [0.2, 0.25) is 0 Å². The van der Waals surface area contributed by atoms with Crippen molar-refractivity contribution in [1.29, 1.82) is 0 Å². The van der Waals surface area contributed by atoms with E-state index in [4.69, 9.17) is 9.47 Å². The molecule has 3 rings (SSSR count). The predicted molar refractivity (Wildman–Crippen MR) is 111 cm³/mol. The smallest absolute Gasteiger partial charge is 0.237 e. The van der Waals surface area contributed by atoms with Gasteiger partial charge in [0.05, 0.1) is 20.8 Å². The van der Waals surface area contributed by atoms with Crippen molar-refractivity contribution in [1.82, 2.24) is 9.80 Å². The second kappa shape index (κ2) is 9.27. The number of carbonyl (C=O) groups is 1. The van der Waals surface area contributed by atoms with Gasteiger partial charge in [0.25, 0.3) is 0 Å². The van der Waals surface area contributed by atoms with Gasteiger partial charge in [-0.2, -0.15) is 0 Å². The number of nitrogens with zero attached hydrogens (tertiary/aromatic N) is 2. The molecule has 1 atom stereocenters. The monoisotopic (exact) mass is 400 g/mol. The Morgan fingerprint density at radius 3 is 2.34 bits per heavy atom. The fourth-order valence-corrected chi connectivity index (χ4v) is 3.84. The Labute approximate surface area is 172 Å². The molecule has 156 valence electrons. The van der Waals surface area contributed by atoms with Crippen molar-refractivity contribution in [2.24, 2.45) is 0 Å². The third kappa shape index (κ3) is 4.70. The predicted octanol–water partition coefficient (Wildman–Crippen LogP) is 3.81. The normalized spacial score (nSPS) is 14.5. The molecular formula is C23H29FN2O3. The molecule has 0 N–H and O–H groups in total. The van der Waals surface area contributed by atoms with Gasteiger partial charge in [0.15, 0.2) is 11.5 Å². The van der Waals surface area contributed by atoms with Crippen molar-refractivity contribution >= 4 is 5.91 Å². The van der Waals surface area contributed by atoms with Crippen LogP contribution < -0.4 is 9.47 Å². The Hall–Kier alpha value is -2.60. The summed E-state index contributed by atoms with van der Waals surface area (Å²) in [5.74, 6) is 1.25. The molecular weight excluding hydrogens is 371 g/mol. The second-order valence-corrected chi connectivity index (χ2v) is 7.33. The molecule has 1 amide bonds. The molecule has 5 nitrogen and oxygen atoms in total. The lowest BCUT2D eigenvalue weighted by molar-refractivity contribution is -0.133. The van der Waals surface area contributed by atoms with Crippen molar-refractivity contribution in [3.63, 3.8) is 0 Å². The summed E-state index contributed by atoms with van der Waals surface area (Å²) in [6.07, 6.45) is 0.793. The first-order chi connectivity index (χ1) is 14.0. The van der Waals surface area contributed by atoms with Crippen molar-refractivity contribution in [3.05, 3.63) is 58.9 Å². The molecule has 1 aliphatic heterocycles. The van der Waals surface area contributed by atoms with Gasteiger partial charge in [-0.25, -0.2) is 4.39 Å². The molecule has 0 aliphatic carbocycles. The first-order valence-electron chi connectivity index (χ1n) is 9.97. The summed E-state index contributed by atoms with van der Waals surface area (Å²) in [5, 5.41) is 0. The zero-order valence-electron chi connectivity index (χ0n) is 17.6. The number of hydrogen-bond acceptors (Lipinski definition) is 4. The highest BCUT2D eigenvalue weighted by Crippen LogP contribution is 2.33. The fraction of sp³-hybridized carbons (Fsp3) is 0.435. The van der Waals surface area contributed by atoms with E-state index in [0.717, 1.165) is 29.8 Å². The van der Waals surface area contributed by atoms with Gasteiger partial charge in [0, 0.05) is 19.1 Å². The molecule has 0 radical (unpaired) electrons. The van der Waals surface area contributed by atoms with Crippen LogP contribution in [0.3, 0.4) is 0 Å². The van der Waals surface area contributed by atoms with Gasteiger partial charge in [-0.05, 0) is 60.8 Å². The molecule has 1 aliphatic rings. The van der Waals surface area contributed by atoms with Crippen LogP contribution in [-0.2, 0) is 17.8 Å². The van der Waals surface area contributed by atoms with E-state index in [0.29, 0.717) is 25.4 Å². The van der Waals surface area contributed by atoms with Gasteiger partial charge in [-0.3, -0.25) is 9.69 Å². The second-order valence-electron chi connectivity index (χ2n) is 7.33. The number of halogens is 1. The number of fused-ring (bicyclic) bond motifs is 1. The summed E-state index contributed by atoms with van der Waals surface area (Å²) in [5.41, 5.74) is 3.29. The summed E-state index contributed by atoms with van der Waals surface area (Å²) in [4.78, 5) is 17.0. The Kier molecular flexibility index (Phi) is 6.75. The minimum Gasteiger partial charge on any atom is -0.493 e. The number of carbonyl (C=O) groups excluding carboxylic acids is 1. The molecule has 1 unspecified atom stereocenters. The largest absolute Gasteiger partial charge is 0.493 e. The molecule has 0 aromatic heterocycles. The average Bonchev–Trinajstić information content (AvgIpc) is 2.75. The van der Waals surface area contributed by atoms with Crippen LogP contribution in [-0.4, -0.2) is 49.6 Å². The van der Waals surface area contributed by atoms with E-state index in [1.165, 1.54) is 17.7 Å². The Balaban J connectivity index is 1.69. The number of amides is 1. The molecule has 0 spiro atoms. The summed E-state index contributed by atoms with van der Waals surface area (Å²) in [6, 6.07) is 10.5. The maximum atomic E-state index is 13.2. The van der Waals surface area contributed by atoms with Gasteiger partial charge in [-0.15, -0.1) is 0 Å². The Morgan fingerprint density at radius 1 is 1.14 bits per heavy atom. The van der Waals surface area contributed by atoms with E-state index >= 15 is 0 Å². The van der Waals surface area contributed by atoms with E-state index < -0.39 is 0 Å². The van der Waals surface area contributed by atoms with Gasteiger partial charge in [-0.1, -0.05) is 19.1 Å². The SMILES string of the molecule is CCN(CC(=O)N1CCc2cc(OC)c(OC)cc2C1)C(C)c1ccc(F)cc1. The van der Waals surface area contributed by atoms with Gasteiger partial charge >= 0.3 is 0 Å². The van der Waals surface area contributed by atoms with E-state index in [-0.39, 0.29) is 17.8 Å². The van der Waals surface area contributed by atoms with Crippen LogP contribution in [0.1, 0.15) is 36.6 Å². The Morgan fingerprint density at radius 2 is 1.76 bits per heavy atom. The van der Waals surface area contributed by atoms with Crippen molar-refractivity contribution in [3.8, 4) is 11.5 Å². The van der Waals surface area contributed by atoms with Crippen LogP contribution in [0.15, 0.2) is 36.4 Å². The quantitative estimate of drug-likeness (QED) is 0.709. The highest BCUT2D eigenvalue weighted by atomic mass is 19.1. The minimum atomic E-state index is -0.251. The van der Waals surface area contributed by atoms with E-state index in [2.05, 4.69) is 4.90 Å². The zero-order chi connectivity index (χ0) is 21.0. The van der Waals surface area contributed by atoms with Crippen LogP contribution in [0, 0.1) is 5.82 Å². The lowest BCUT2D eigenvalue weighted by Crippen LogP contribution is -2.43.